The number of carbonyl (C=O) groups excluding carboxylic acids is 1. The molecule has 0 bridgehead atoms. The number of aliphatic hydroxyl groups excluding tert-OH is 1. The van der Waals surface area contributed by atoms with Crippen molar-refractivity contribution in [3.05, 3.63) is 60.8 Å². The lowest BCUT2D eigenvalue weighted by Gasteiger charge is -2.22. The third kappa shape index (κ3) is 33.6. The highest BCUT2D eigenvalue weighted by Gasteiger charge is 2.24. The first kappa shape index (κ1) is 44.2. The lowest BCUT2D eigenvalue weighted by atomic mass is 10.1. The maximum atomic E-state index is 12.5. The van der Waals surface area contributed by atoms with Crippen LogP contribution in [0.1, 0.15) is 155 Å². The van der Waals surface area contributed by atoms with E-state index < -0.39 is 26.6 Å². The Morgan fingerprint density at radius 3 is 1.52 bits per heavy atom. The van der Waals surface area contributed by atoms with Crippen molar-refractivity contribution in [2.45, 2.75) is 167 Å². The van der Waals surface area contributed by atoms with Crippen molar-refractivity contribution in [3.8, 4) is 0 Å². The quantitative estimate of drug-likeness (QED) is 0.0323. The summed E-state index contributed by atoms with van der Waals surface area (Å²) in [4.78, 5) is 30.6. The summed E-state index contributed by atoms with van der Waals surface area (Å²) < 4.78 is 15.8. The largest absolute Gasteiger partial charge is 0.469 e. The number of hydrogen-bond acceptors (Lipinski definition) is 4. The maximum absolute atomic E-state index is 12.5. The molecule has 0 unspecified atom stereocenters. The van der Waals surface area contributed by atoms with E-state index in [0.717, 1.165) is 44.9 Å². The van der Waals surface area contributed by atoms with E-state index in [2.05, 4.69) is 72.3 Å². The van der Waals surface area contributed by atoms with E-state index in [4.69, 9.17) is 9.79 Å². The van der Waals surface area contributed by atoms with Crippen LogP contribution < -0.4 is 5.32 Å². The topological polar surface area (TPSA) is 116 Å². The van der Waals surface area contributed by atoms with Gasteiger partial charge >= 0.3 is 7.82 Å². The van der Waals surface area contributed by atoms with Crippen molar-refractivity contribution in [2.75, 3.05) is 6.61 Å². The Bertz CT molecular complexity index is 892. The number of phosphoric acid groups is 1. The van der Waals surface area contributed by atoms with Crippen LogP contribution in [0.15, 0.2) is 60.8 Å². The minimum absolute atomic E-state index is 0.249. The van der Waals surface area contributed by atoms with E-state index in [9.17, 15) is 14.5 Å². The zero-order valence-electron chi connectivity index (χ0n) is 29.2. The second kappa shape index (κ2) is 33.2. The fraction of sp³-hybridized carbons (Fsp3) is 0.711. The SMILES string of the molecule is CCCCCCCCC/C=C/C/C=C/C/C=C/C/C=C/CCCC(=O)N[C@@H](COP(=O)(O)O)[C@H](O)/C=C/CCCCCCCCC. The number of hydrogen-bond donors (Lipinski definition) is 4. The van der Waals surface area contributed by atoms with Gasteiger partial charge in [-0.1, -0.05) is 152 Å². The number of unbranched alkanes of at least 4 members (excludes halogenated alkanes) is 15. The van der Waals surface area contributed by atoms with Gasteiger partial charge in [-0.05, 0) is 57.8 Å². The smallest absolute Gasteiger partial charge is 0.387 e. The number of phosphoric ester groups is 1. The Hall–Kier alpha value is -1.76. The molecule has 0 aromatic rings. The molecule has 0 aromatic heterocycles. The van der Waals surface area contributed by atoms with Gasteiger partial charge < -0.3 is 20.2 Å². The zero-order chi connectivity index (χ0) is 34.0. The maximum Gasteiger partial charge on any atom is 0.469 e. The molecule has 0 aliphatic carbocycles. The standard InChI is InChI=1S/C38H68NO6P/c1-3-5-7-9-11-13-14-15-16-17-18-19-20-21-22-23-24-26-28-30-32-34-38(41)39-36(35-45-46(42,43)44)37(40)33-31-29-27-25-12-10-8-6-4-2/h16-17,19-20,22-23,26,28,31,33,36-37,40H,3-15,18,21,24-25,27,29-30,32,34-35H2,1-2H3,(H,39,41)(H2,42,43,44)/b17-16+,20-19+,23-22+,28-26+,33-31+/t36-,37+/m0/s1. The van der Waals surface area contributed by atoms with Crippen LogP contribution in [-0.4, -0.2) is 39.6 Å². The van der Waals surface area contributed by atoms with E-state index in [1.165, 1.54) is 83.5 Å². The van der Waals surface area contributed by atoms with Gasteiger partial charge in [0, 0.05) is 6.42 Å². The highest BCUT2D eigenvalue weighted by Crippen LogP contribution is 2.35. The molecule has 0 rings (SSSR count). The second-order valence-electron chi connectivity index (χ2n) is 12.2. The van der Waals surface area contributed by atoms with E-state index in [0.29, 0.717) is 6.42 Å². The van der Waals surface area contributed by atoms with Gasteiger partial charge in [0.15, 0.2) is 0 Å². The summed E-state index contributed by atoms with van der Waals surface area (Å²) in [5.41, 5.74) is 0. The molecule has 46 heavy (non-hydrogen) atoms. The molecule has 0 aliphatic rings. The van der Waals surface area contributed by atoms with E-state index >= 15 is 0 Å². The summed E-state index contributed by atoms with van der Waals surface area (Å²) in [6.07, 6.45) is 44.0. The number of rotatable bonds is 32. The van der Waals surface area contributed by atoms with Crippen LogP contribution in [0, 0.1) is 0 Å². The van der Waals surface area contributed by atoms with Crippen LogP contribution in [0.3, 0.4) is 0 Å². The molecular weight excluding hydrogens is 597 g/mol. The zero-order valence-corrected chi connectivity index (χ0v) is 30.1. The van der Waals surface area contributed by atoms with Crippen molar-refractivity contribution in [3.63, 3.8) is 0 Å². The monoisotopic (exact) mass is 665 g/mol. The molecule has 0 aliphatic heterocycles. The summed E-state index contributed by atoms with van der Waals surface area (Å²) in [6.45, 7) is 3.98. The second-order valence-corrected chi connectivity index (χ2v) is 13.4. The van der Waals surface area contributed by atoms with Crippen molar-refractivity contribution in [2.24, 2.45) is 0 Å². The van der Waals surface area contributed by atoms with Crippen LogP contribution in [-0.2, 0) is 13.9 Å². The predicted octanol–water partition coefficient (Wildman–Crippen LogP) is 10.3. The predicted molar refractivity (Wildman–Crippen MR) is 195 cm³/mol. The van der Waals surface area contributed by atoms with Gasteiger partial charge in [-0.15, -0.1) is 0 Å². The minimum Gasteiger partial charge on any atom is -0.387 e. The average Bonchev–Trinajstić information content (AvgIpc) is 3.02. The summed E-state index contributed by atoms with van der Waals surface area (Å²) >= 11 is 0. The number of amides is 1. The van der Waals surface area contributed by atoms with Gasteiger partial charge in [0.05, 0.1) is 18.8 Å². The molecule has 266 valence electrons. The van der Waals surface area contributed by atoms with Crippen molar-refractivity contribution >= 4 is 13.7 Å². The highest BCUT2D eigenvalue weighted by molar-refractivity contribution is 7.46. The van der Waals surface area contributed by atoms with Crippen molar-refractivity contribution < 1.29 is 28.8 Å². The van der Waals surface area contributed by atoms with Crippen LogP contribution in [0.4, 0.5) is 0 Å². The first-order valence-electron chi connectivity index (χ1n) is 18.2. The van der Waals surface area contributed by atoms with E-state index in [-0.39, 0.29) is 12.3 Å². The molecule has 2 atom stereocenters. The van der Waals surface area contributed by atoms with Gasteiger partial charge in [-0.3, -0.25) is 9.32 Å². The van der Waals surface area contributed by atoms with Gasteiger partial charge in [0.2, 0.25) is 5.91 Å². The number of aliphatic hydroxyl groups is 1. The Balaban J connectivity index is 4.12. The van der Waals surface area contributed by atoms with Crippen molar-refractivity contribution in [1.82, 2.24) is 5.32 Å². The summed E-state index contributed by atoms with van der Waals surface area (Å²) in [6, 6.07) is -0.939. The molecule has 0 saturated heterocycles. The summed E-state index contributed by atoms with van der Waals surface area (Å²) in [7, 11) is -4.72. The lowest BCUT2D eigenvalue weighted by molar-refractivity contribution is -0.122. The molecule has 1 amide bonds. The third-order valence-corrected chi connectivity index (χ3v) is 8.21. The minimum atomic E-state index is -4.72. The summed E-state index contributed by atoms with van der Waals surface area (Å²) in [5, 5.41) is 13.2. The van der Waals surface area contributed by atoms with Gasteiger partial charge in [0.25, 0.3) is 0 Å². The van der Waals surface area contributed by atoms with Crippen LogP contribution in [0.5, 0.6) is 0 Å². The molecule has 8 heteroatoms. The van der Waals surface area contributed by atoms with Gasteiger partial charge in [-0.25, -0.2) is 4.57 Å². The van der Waals surface area contributed by atoms with E-state index in [1.54, 1.807) is 6.08 Å². The Morgan fingerprint density at radius 2 is 1.04 bits per heavy atom. The molecule has 7 nitrogen and oxygen atoms in total. The first-order valence-corrected chi connectivity index (χ1v) is 19.8. The Morgan fingerprint density at radius 1 is 0.630 bits per heavy atom. The third-order valence-electron chi connectivity index (χ3n) is 7.72. The Kier molecular flexibility index (Phi) is 31.9. The number of allylic oxidation sites excluding steroid dienone is 9. The molecule has 0 aromatic carbocycles. The Labute approximate surface area is 282 Å². The molecule has 0 fully saturated rings. The fourth-order valence-corrected chi connectivity index (χ4v) is 5.27. The van der Waals surface area contributed by atoms with E-state index in [1.807, 2.05) is 6.08 Å². The van der Waals surface area contributed by atoms with Crippen LogP contribution in [0.25, 0.3) is 0 Å². The fourth-order valence-electron chi connectivity index (χ4n) is 4.92. The highest BCUT2D eigenvalue weighted by atomic mass is 31.2. The molecule has 0 heterocycles. The lowest BCUT2D eigenvalue weighted by Crippen LogP contribution is -2.45. The van der Waals surface area contributed by atoms with Gasteiger partial charge in [-0.2, -0.15) is 0 Å². The number of nitrogens with one attached hydrogen (secondary N) is 1. The normalized spacial score (nSPS) is 14.1. The van der Waals surface area contributed by atoms with Crippen molar-refractivity contribution in [1.29, 1.82) is 0 Å². The molecule has 0 spiro atoms. The number of carbonyl (C=O) groups is 1. The molecular formula is C38H68NO6P. The average molecular weight is 666 g/mol. The van der Waals surface area contributed by atoms with Crippen LogP contribution >= 0.6 is 7.82 Å². The molecule has 4 N–H and O–H groups in total. The van der Waals surface area contributed by atoms with Gasteiger partial charge in [0.1, 0.15) is 0 Å². The van der Waals surface area contributed by atoms with Crippen LogP contribution in [0.2, 0.25) is 0 Å². The molecule has 0 radical (unpaired) electrons. The summed E-state index contributed by atoms with van der Waals surface area (Å²) in [5.74, 6) is -0.286. The molecule has 0 saturated carbocycles. The first-order chi connectivity index (χ1) is 22.3.